The Morgan fingerprint density at radius 1 is 0.980 bits per heavy atom. The number of aliphatic hydroxyl groups excluding tert-OH is 1. The molecule has 6 rings (SSSR count). The van der Waals surface area contributed by atoms with E-state index < -0.39 is 47.7 Å². The van der Waals surface area contributed by atoms with Crippen molar-refractivity contribution >= 4 is 35.0 Å². The van der Waals surface area contributed by atoms with Crippen molar-refractivity contribution in [2.24, 2.45) is 0 Å². The average Bonchev–Trinajstić information content (AvgIpc) is 3.94. The highest BCUT2D eigenvalue weighted by Crippen LogP contribution is 2.38. The highest BCUT2D eigenvalue weighted by Gasteiger charge is 2.43. The Bertz CT molecular complexity index is 1820. The van der Waals surface area contributed by atoms with Crippen LogP contribution in [0.5, 0.6) is 5.75 Å². The summed E-state index contributed by atoms with van der Waals surface area (Å²) in [6.07, 6.45) is 0.932. The van der Waals surface area contributed by atoms with Gasteiger partial charge in [0.15, 0.2) is 17.4 Å². The number of aryl methyl sites for hydroxylation is 1. The first-order chi connectivity index (χ1) is 24.5. The average molecular weight is 726 g/mol. The lowest BCUT2D eigenvalue weighted by molar-refractivity contribution is -0.141. The number of nitrogens with zero attached hydrogens (tertiary/aromatic N) is 2. The van der Waals surface area contributed by atoms with Crippen LogP contribution in [0.15, 0.2) is 66.2 Å². The van der Waals surface area contributed by atoms with Gasteiger partial charge < -0.3 is 30.1 Å². The fraction of sp³-hybridized carbons (Fsp3) is 0.395. The molecule has 3 aromatic carbocycles. The summed E-state index contributed by atoms with van der Waals surface area (Å²) in [6, 6.07) is 16.0. The molecule has 2 amide bonds. The number of hydrogen-bond donors (Lipinski definition) is 3. The SMILES string of the molecule is O=C(O)C[C@@H](O)CC(=O)N1C[C@H]2CC(c3ccc(CCCOc4c(F)ccc(F)c4F)cc3)=C(C(=O)N(Cc3ccccc3Cl)C3CC3)[C@@H](C1)N2. The number of aliphatic carboxylic acids is 1. The normalized spacial score (nSPS) is 19.1. The van der Waals surface area contributed by atoms with Gasteiger partial charge in [-0.1, -0.05) is 54.1 Å². The van der Waals surface area contributed by atoms with Gasteiger partial charge in [0.25, 0.3) is 5.91 Å². The Morgan fingerprint density at radius 3 is 2.41 bits per heavy atom. The van der Waals surface area contributed by atoms with Gasteiger partial charge in [-0.15, -0.1) is 0 Å². The van der Waals surface area contributed by atoms with Crippen LogP contribution in [0.2, 0.25) is 5.02 Å². The molecule has 13 heteroatoms. The van der Waals surface area contributed by atoms with Crippen LogP contribution < -0.4 is 10.1 Å². The van der Waals surface area contributed by atoms with E-state index in [1.54, 1.807) is 11.0 Å². The zero-order valence-electron chi connectivity index (χ0n) is 27.8. The molecule has 270 valence electrons. The number of halogens is 4. The fourth-order valence-corrected chi connectivity index (χ4v) is 7.05. The van der Waals surface area contributed by atoms with Gasteiger partial charge in [0.1, 0.15) is 0 Å². The van der Waals surface area contributed by atoms with Gasteiger partial charge in [-0.25, -0.2) is 8.78 Å². The number of carboxylic acids is 1. The monoisotopic (exact) mass is 725 g/mol. The lowest BCUT2D eigenvalue weighted by Gasteiger charge is -2.45. The van der Waals surface area contributed by atoms with Gasteiger partial charge >= 0.3 is 5.97 Å². The third-order valence-corrected chi connectivity index (χ3v) is 9.88. The predicted molar refractivity (Wildman–Crippen MR) is 183 cm³/mol. The minimum Gasteiger partial charge on any atom is -0.488 e. The van der Waals surface area contributed by atoms with E-state index in [1.807, 2.05) is 47.4 Å². The van der Waals surface area contributed by atoms with E-state index in [9.17, 15) is 32.7 Å². The van der Waals surface area contributed by atoms with Crippen molar-refractivity contribution in [2.75, 3.05) is 19.7 Å². The number of nitrogens with one attached hydrogen (secondary N) is 1. The minimum atomic E-state index is -1.36. The number of benzene rings is 3. The molecule has 1 saturated carbocycles. The van der Waals surface area contributed by atoms with E-state index in [4.69, 9.17) is 21.4 Å². The molecular formula is C38H39ClF3N3O6. The zero-order valence-corrected chi connectivity index (χ0v) is 28.6. The van der Waals surface area contributed by atoms with Crippen molar-refractivity contribution < 1.29 is 42.5 Å². The Labute approximate surface area is 298 Å². The summed E-state index contributed by atoms with van der Waals surface area (Å²) in [6.45, 7) is 0.805. The van der Waals surface area contributed by atoms with Crippen LogP contribution >= 0.6 is 11.6 Å². The summed E-state index contributed by atoms with van der Waals surface area (Å²) in [7, 11) is 0. The Hall–Kier alpha value is -4.39. The molecule has 0 unspecified atom stereocenters. The number of hydrogen-bond acceptors (Lipinski definition) is 6. The summed E-state index contributed by atoms with van der Waals surface area (Å²) in [4.78, 5) is 42.4. The molecule has 2 bridgehead atoms. The molecular weight excluding hydrogens is 687 g/mol. The largest absolute Gasteiger partial charge is 0.488 e. The number of aliphatic hydroxyl groups is 1. The topological polar surface area (TPSA) is 119 Å². The Kier molecular flexibility index (Phi) is 11.3. The third-order valence-electron chi connectivity index (χ3n) is 9.52. The number of piperazine rings is 1. The predicted octanol–water partition coefficient (Wildman–Crippen LogP) is 5.51. The maximum atomic E-state index is 14.7. The number of rotatable bonds is 14. The Morgan fingerprint density at radius 2 is 1.71 bits per heavy atom. The standard InChI is InChI=1S/C38H39ClF3N3O6/c39-29-6-2-1-5-24(29)19-45(26-11-12-26)38(50)35-28(16-25-20-44(21-32(35)43-25)33(47)17-27(46)18-34(48)49)23-9-7-22(8-10-23)4-3-15-51-37-31(41)14-13-30(40)36(37)42/h1-2,5-10,13-14,25-27,32,43,46H,3-4,11-12,15-21H2,(H,48,49)/t25-,27+,32-/m1/s1. The molecule has 0 spiro atoms. The van der Waals surface area contributed by atoms with E-state index >= 15 is 0 Å². The van der Waals surface area contributed by atoms with Gasteiger partial charge in [-0.3, -0.25) is 14.4 Å². The maximum Gasteiger partial charge on any atom is 0.305 e. The molecule has 3 aliphatic rings. The van der Waals surface area contributed by atoms with Crippen molar-refractivity contribution in [2.45, 2.75) is 75.7 Å². The Balaban J connectivity index is 1.23. The quantitative estimate of drug-likeness (QED) is 0.148. The number of carbonyl (C=O) groups is 3. The minimum absolute atomic E-state index is 0.0249. The summed E-state index contributed by atoms with van der Waals surface area (Å²) < 4.78 is 46.6. The van der Waals surface area contributed by atoms with Crippen LogP contribution in [0.4, 0.5) is 13.2 Å². The van der Waals surface area contributed by atoms with Gasteiger partial charge in [-0.2, -0.15) is 4.39 Å². The maximum absolute atomic E-state index is 14.7. The molecule has 1 aliphatic carbocycles. The van der Waals surface area contributed by atoms with Gasteiger partial charge in [0.05, 0.1) is 31.6 Å². The first-order valence-electron chi connectivity index (χ1n) is 17.0. The van der Waals surface area contributed by atoms with Crippen molar-refractivity contribution in [3.8, 4) is 5.75 Å². The first-order valence-corrected chi connectivity index (χ1v) is 17.4. The number of carboxylic acid groups (broad SMARTS) is 1. The number of ether oxygens (including phenoxy) is 1. The summed E-state index contributed by atoms with van der Waals surface area (Å²) in [5.41, 5.74) is 4.02. The van der Waals surface area contributed by atoms with Crippen LogP contribution in [0.3, 0.4) is 0 Å². The van der Waals surface area contributed by atoms with Crippen molar-refractivity contribution in [1.82, 2.24) is 15.1 Å². The van der Waals surface area contributed by atoms with E-state index in [2.05, 4.69) is 5.32 Å². The van der Waals surface area contributed by atoms with Gasteiger partial charge in [0.2, 0.25) is 11.7 Å². The molecule has 51 heavy (non-hydrogen) atoms. The van der Waals surface area contributed by atoms with Gasteiger partial charge in [-0.05, 0) is 72.6 Å². The molecule has 2 aliphatic heterocycles. The highest BCUT2D eigenvalue weighted by atomic mass is 35.5. The molecule has 0 aromatic heterocycles. The summed E-state index contributed by atoms with van der Waals surface area (Å²) in [5, 5.41) is 23.3. The van der Waals surface area contributed by atoms with E-state index in [1.165, 1.54) is 0 Å². The molecule has 1 saturated heterocycles. The smallest absolute Gasteiger partial charge is 0.305 e. The van der Waals surface area contributed by atoms with Crippen LogP contribution in [0, 0.1) is 17.5 Å². The molecule has 9 nitrogen and oxygen atoms in total. The van der Waals surface area contributed by atoms with Crippen LogP contribution in [-0.2, 0) is 27.3 Å². The molecule has 3 aromatic rings. The number of amides is 2. The lowest BCUT2D eigenvalue weighted by atomic mass is 9.82. The van der Waals surface area contributed by atoms with Crippen LogP contribution in [0.1, 0.15) is 55.2 Å². The molecule has 2 fully saturated rings. The highest BCUT2D eigenvalue weighted by molar-refractivity contribution is 6.31. The number of fused-ring (bicyclic) bond motifs is 2. The van der Waals surface area contributed by atoms with Gasteiger partial charge in [0, 0.05) is 42.3 Å². The summed E-state index contributed by atoms with van der Waals surface area (Å²) in [5.74, 6) is -5.98. The number of carbonyl (C=O) groups excluding carboxylic acids is 2. The first kappa shape index (κ1) is 36.4. The fourth-order valence-electron chi connectivity index (χ4n) is 6.86. The summed E-state index contributed by atoms with van der Waals surface area (Å²) >= 11 is 6.51. The van der Waals surface area contributed by atoms with Crippen LogP contribution in [0.25, 0.3) is 5.57 Å². The van der Waals surface area contributed by atoms with E-state index in [0.29, 0.717) is 49.0 Å². The van der Waals surface area contributed by atoms with E-state index in [-0.39, 0.29) is 43.5 Å². The second-order valence-corrected chi connectivity index (χ2v) is 13.8. The second kappa shape index (κ2) is 15.9. The van der Waals surface area contributed by atoms with Crippen molar-refractivity contribution in [1.29, 1.82) is 0 Å². The van der Waals surface area contributed by atoms with Crippen LogP contribution in [-0.4, -0.2) is 81.7 Å². The second-order valence-electron chi connectivity index (χ2n) is 13.3. The van der Waals surface area contributed by atoms with E-state index in [0.717, 1.165) is 41.2 Å². The molecule has 3 N–H and O–H groups in total. The molecule has 0 radical (unpaired) electrons. The third kappa shape index (κ3) is 8.74. The lowest BCUT2D eigenvalue weighted by Crippen LogP contribution is -2.62. The zero-order chi connectivity index (χ0) is 36.2. The van der Waals surface area contributed by atoms with Crippen molar-refractivity contribution in [3.05, 3.63) is 105 Å². The van der Waals surface area contributed by atoms with Crippen molar-refractivity contribution in [3.63, 3.8) is 0 Å². The molecule has 2 heterocycles. The molecule has 3 atom stereocenters.